The lowest BCUT2D eigenvalue weighted by Gasteiger charge is -2.09. The van der Waals surface area contributed by atoms with Crippen molar-refractivity contribution < 1.29 is 14.3 Å². The lowest BCUT2D eigenvalue weighted by Crippen LogP contribution is -1.99. The van der Waals surface area contributed by atoms with Crippen LogP contribution >= 0.6 is 34.8 Å². The maximum atomic E-state index is 11.4. The number of hydrogen-bond donors (Lipinski definition) is 0. The molecule has 128 valence electrons. The number of rotatable bonds is 6. The maximum Gasteiger partial charge on any atom is 0.331 e. The van der Waals surface area contributed by atoms with Gasteiger partial charge in [-0.15, -0.1) is 6.42 Å². The first kappa shape index (κ1) is 19.2. The number of carbonyl (C=O) groups excluding carboxylic acids is 1. The zero-order valence-corrected chi connectivity index (χ0v) is 15.2. The lowest BCUT2D eigenvalue weighted by molar-refractivity contribution is -0.136. The number of carbonyl (C=O) groups is 1. The van der Waals surface area contributed by atoms with E-state index in [1.165, 1.54) is 6.08 Å². The second kappa shape index (κ2) is 9.39. The van der Waals surface area contributed by atoms with Gasteiger partial charge in [0.2, 0.25) is 0 Å². The number of benzene rings is 2. The Kier molecular flexibility index (Phi) is 7.21. The molecule has 0 spiro atoms. The molecule has 0 bridgehead atoms. The molecule has 0 aromatic heterocycles. The van der Waals surface area contributed by atoms with Crippen molar-refractivity contribution in [2.24, 2.45) is 0 Å². The van der Waals surface area contributed by atoms with E-state index in [0.29, 0.717) is 27.4 Å². The van der Waals surface area contributed by atoms with Gasteiger partial charge in [0.15, 0.2) is 6.61 Å². The van der Waals surface area contributed by atoms with E-state index in [1.54, 1.807) is 36.4 Å². The molecule has 0 atom stereocenters. The molecule has 0 heterocycles. The Bertz CT molecular complexity index is 838. The SMILES string of the molecule is C#CCOC(=O)/C=C/c1ccc(OCc2ccc(Cl)c(Cl)c2)c(Cl)c1. The molecule has 0 amide bonds. The smallest absolute Gasteiger partial charge is 0.331 e. The zero-order valence-electron chi connectivity index (χ0n) is 13.0. The molecule has 3 nitrogen and oxygen atoms in total. The van der Waals surface area contributed by atoms with Crippen LogP contribution in [0, 0.1) is 12.3 Å². The predicted molar refractivity (Wildman–Crippen MR) is 101 cm³/mol. The highest BCUT2D eigenvalue weighted by atomic mass is 35.5. The normalized spacial score (nSPS) is 10.5. The largest absolute Gasteiger partial charge is 0.487 e. The fraction of sp³-hybridized carbons (Fsp3) is 0.105. The fourth-order valence-corrected chi connectivity index (χ4v) is 2.42. The summed E-state index contributed by atoms with van der Waals surface area (Å²) in [6.45, 7) is 0.232. The number of hydrogen-bond acceptors (Lipinski definition) is 3. The van der Waals surface area contributed by atoms with E-state index in [1.807, 2.05) is 6.07 Å². The Morgan fingerprint density at radius 3 is 2.56 bits per heavy atom. The van der Waals surface area contributed by atoms with Gasteiger partial charge in [0.25, 0.3) is 0 Å². The minimum Gasteiger partial charge on any atom is -0.487 e. The van der Waals surface area contributed by atoms with Gasteiger partial charge in [0.05, 0.1) is 15.1 Å². The van der Waals surface area contributed by atoms with E-state index in [4.69, 9.17) is 50.7 Å². The molecule has 0 aliphatic rings. The van der Waals surface area contributed by atoms with Gasteiger partial charge in [0.1, 0.15) is 12.4 Å². The van der Waals surface area contributed by atoms with Crippen molar-refractivity contribution in [2.45, 2.75) is 6.61 Å². The molecule has 25 heavy (non-hydrogen) atoms. The molecule has 0 radical (unpaired) electrons. The van der Waals surface area contributed by atoms with Crippen LogP contribution < -0.4 is 4.74 Å². The molecule has 2 rings (SSSR count). The van der Waals surface area contributed by atoms with E-state index in [2.05, 4.69) is 5.92 Å². The van der Waals surface area contributed by atoms with Crippen molar-refractivity contribution in [3.63, 3.8) is 0 Å². The Balaban J connectivity index is 1.99. The van der Waals surface area contributed by atoms with Crippen LogP contribution in [0.1, 0.15) is 11.1 Å². The van der Waals surface area contributed by atoms with E-state index >= 15 is 0 Å². The molecule has 2 aromatic rings. The van der Waals surface area contributed by atoms with Crippen LogP contribution in [0.5, 0.6) is 5.75 Å². The van der Waals surface area contributed by atoms with Crippen LogP contribution in [-0.2, 0) is 16.1 Å². The van der Waals surface area contributed by atoms with Crippen LogP contribution in [0.4, 0.5) is 0 Å². The highest BCUT2D eigenvalue weighted by Crippen LogP contribution is 2.28. The summed E-state index contributed by atoms with van der Waals surface area (Å²) in [5, 5.41) is 1.37. The highest BCUT2D eigenvalue weighted by molar-refractivity contribution is 6.42. The van der Waals surface area contributed by atoms with E-state index < -0.39 is 5.97 Å². The van der Waals surface area contributed by atoms with E-state index in [-0.39, 0.29) is 6.61 Å². The summed E-state index contributed by atoms with van der Waals surface area (Å²) in [5.41, 5.74) is 1.59. The number of terminal acetylenes is 1. The van der Waals surface area contributed by atoms with E-state index in [9.17, 15) is 4.79 Å². The summed E-state index contributed by atoms with van der Waals surface area (Å²) >= 11 is 18.0. The van der Waals surface area contributed by atoms with Gasteiger partial charge in [-0.3, -0.25) is 0 Å². The molecule has 0 N–H and O–H groups in total. The summed E-state index contributed by atoms with van der Waals surface area (Å²) in [6.07, 6.45) is 7.86. The predicted octanol–water partition coefficient (Wildman–Crippen LogP) is 5.42. The Labute approximate surface area is 161 Å². The standard InChI is InChI=1S/C19H13Cl3O3/c1-2-9-24-19(23)8-5-13-4-7-18(17(22)10-13)25-12-14-3-6-15(20)16(21)11-14/h1,3-8,10-11H,9,12H2/b8-5+. The average Bonchev–Trinajstić information content (AvgIpc) is 2.60. The van der Waals surface area contributed by atoms with Crippen LogP contribution in [-0.4, -0.2) is 12.6 Å². The van der Waals surface area contributed by atoms with Crippen molar-refractivity contribution in [2.75, 3.05) is 6.61 Å². The first-order valence-electron chi connectivity index (χ1n) is 7.14. The summed E-state index contributed by atoms with van der Waals surface area (Å²) in [6, 6.07) is 10.4. The Morgan fingerprint density at radius 2 is 1.88 bits per heavy atom. The average molecular weight is 396 g/mol. The van der Waals surface area contributed by atoms with Crippen molar-refractivity contribution in [3.8, 4) is 18.1 Å². The quantitative estimate of drug-likeness (QED) is 0.372. The number of ether oxygens (including phenoxy) is 2. The minimum atomic E-state index is -0.519. The topological polar surface area (TPSA) is 35.5 Å². The molecule has 0 fully saturated rings. The van der Waals surface area contributed by atoms with Gasteiger partial charge in [0, 0.05) is 6.08 Å². The summed E-state index contributed by atoms with van der Waals surface area (Å²) in [4.78, 5) is 11.4. The van der Waals surface area contributed by atoms with Gasteiger partial charge in [-0.1, -0.05) is 52.9 Å². The molecule has 2 aromatic carbocycles. The Morgan fingerprint density at radius 1 is 1.08 bits per heavy atom. The summed E-state index contributed by atoms with van der Waals surface area (Å²) in [7, 11) is 0. The lowest BCUT2D eigenvalue weighted by atomic mass is 10.2. The van der Waals surface area contributed by atoms with Crippen molar-refractivity contribution in [1.29, 1.82) is 0 Å². The fourth-order valence-electron chi connectivity index (χ4n) is 1.85. The molecule has 0 saturated heterocycles. The van der Waals surface area contributed by atoms with Crippen LogP contribution in [0.3, 0.4) is 0 Å². The molecule has 0 unspecified atom stereocenters. The molecule has 6 heteroatoms. The first-order chi connectivity index (χ1) is 12.0. The minimum absolute atomic E-state index is 0.0641. The maximum absolute atomic E-state index is 11.4. The number of esters is 1. The molecule has 0 saturated carbocycles. The van der Waals surface area contributed by atoms with Crippen molar-refractivity contribution in [3.05, 3.63) is 68.7 Å². The zero-order chi connectivity index (χ0) is 18.2. The van der Waals surface area contributed by atoms with Gasteiger partial charge in [-0.2, -0.15) is 0 Å². The second-order valence-electron chi connectivity index (χ2n) is 4.87. The second-order valence-corrected chi connectivity index (χ2v) is 6.09. The third-order valence-corrected chi connectivity index (χ3v) is 4.08. The summed E-state index contributed by atoms with van der Waals surface area (Å²) < 4.78 is 10.4. The van der Waals surface area contributed by atoms with Crippen molar-refractivity contribution >= 4 is 46.8 Å². The van der Waals surface area contributed by atoms with Crippen LogP contribution in [0.25, 0.3) is 6.08 Å². The molecule has 0 aliphatic heterocycles. The van der Waals surface area contributed by atoms with Gasteiger partial charge >= 0.3 is 5.97 Å². The third kappa shape index (κ3) is 6.03. The molecular weight excluding hydrogens is 383 g/mol. The number of halogens is 3. The summed E-state index contributed by atoms with van der Waals surface area (Å²) in [5.74, 6) is 2.21. The highest BCUT2D eigenvalue weighted by Gasteiger charge is 2.05. The Hall–Kier alpha value is -2.12. The first-order valence-corrected chi connectivity index (χ1v) is 8.27. The monoisotopic (exact) mass is 394 g/mol. The van der Waals surface area contributed by atoms with Gasteiger partial charge in [-0.05, 0) is 41.5 Å². The molecule has 0 aliphatic carbocycles. The molecular formula is C19H13Cl3O3. The third-order valence-electron chi connectivity index (χ3n) is 3.04. The van der Waals surface area contributed by atoms with E-state index in [0.717, 1.165) is 11.1 Å². The van der Waals surface area contributed by atoms with Crippen LogP contribution in [0.15, 0.2) is 42.5 Å². The van der Waals surface area contributed by atoms with Gasteiger partial charge in [-0.25, -0.2) is 4.79 Å². The van der Waals surface area contributed by atoms with Crippen molar-refractivity contribution in [1.82, 2.24) is 0 Å². The van der Waals surface area contributed by atoms with Crippen LogP contribution in [0.2, 0.25) is 15.1 Å². The van der Waals surface area contributed by atoms with Gasteiger partial charge < -0.3 is 9.47 Å².